The quantitative estimate of drug-likeness (QED) is 0.114. The Kier molecular flexibility index (Phi) is 7.22. The molecule has 3 aromatic carbocycles. The van der Waals surface area contributed by atoms with Gasteiger partial charge in [-0.25, -0.2) is 26.7 Å². The van der Waals surface area contributed by atoms with Gasteiger partial charge >= 0.3 is 12.1 Å². The summed E-state index contributed by atoms with van der Waals surface area (Å²) < 4.78 is 129. The minimum Gasteiger partial charge on any atom is -0.489 e. The van der Waals surface area contributed by atoms with Crippen LogP contribution < -0.4 is 14.9 Å². The Hall–Kier alpha value is -4.62. The molecule has 0 unspecified atom stereocenters. The van der Waals surface area contributed by atoms with Crippen molar-refractivity contribution in [3.05, 3.63) is 98.7 Å². The van der Waals surface area contributed by atoms with E-state index in [1.807, 2.05) is 0 Å². The first-order valence-corrected chi connectivity index (χ1v) is 10.5. The van der Waals surface area contributed by atoms with Gasteiger partial charge in [-0.1, -0.05) is 0 Å². The van der Waals surface area contributed by atoms with Gasteiger partial charge in [-0.05, 0) is 36.4 Å². The lowest BCUT2D eigenvalue weighted by molar-refractivity contribution is -0.154. The molecule has 4 aromatic rings. The van der Waals surface area contributed by atoms with Crippen molar-refractivity contribution in [3.63, 3.8) is 0 Å². The smallest absolute Gasteiger partial charge is 0.453 e. The highest BCUT2D eigenvalue weighted by atomic mass is 19.4. The first-order chi connectivity index (χ1) is 18.3. The van der Waals surface area contributed by atoms with Crippen LogP contribution in [0.25, 0.3) is 11.0 Å². The SMILES string of the molecule is COC(=O)c1ccc(Oc2c(C(F)(F)F)oc3cc(OCc4c(F)c(F)c(F)c(F)c4F)ccc3c2=O)cc1. The van der Waals surface area contributed by atoms with Gasteiger partial charge in [0, 0.05) is 6.07 Å². The maximum absolute atomic E-state index is 13.9. The molecule has 0 aliphatic rings. The number of halogens is 8. The fourth-order valence-corrected chi connectivity index (χ4v) is 3.35. The molecule has 0 bridgehead atoms. The highest BCUT2D eigenvalue weighted by molar-refractivity contribution is 5.89. The number of fused-ring (bicyclic) bond motifs is 1. The Balaban J connectivity index is 1.70. The van der Waals surface area contributed by atoms with Crippen molar-refractivity contribution in [3.8, 4) is 17.2 Å². The second-order valence-electron chi connectivity index (χ2n) is 7.70. The molecule has 0 atom stereocenters. The standard InChI is InChI=1S/C25H12F8O6/c1-36-24(35)10-2-4-11(5-3-10)38-22-21(34)13-7-6-12(8-15(13)39-23(22)25(31,32)33)37-9-14-16(26)18(28)20(30)19(29)17(14)27/h2-8H,9H2,1H3. The fourth-order valence-electron chi connectivity index (χ4n) is 3.35. The molecule has 1 aromatic heterocycles. The molecule has 0 saturated heterocycles. The van der Waals surface area contributed by atoms with Crippen LogP contribution in [0, 0.1) is 29.1 Å². The van der Waals surface area contributed by atoms with Crippen molar-refractivity contribution in [2.45, 2.75) is 12.8 Å². The van der Waals surface area contributed by atoms with Gasteiger partial charge in [0.1, 0.15) is 23.7 Å². The summed E-state index contributed by atoms with van der Waals surface area (Å²) in [5.74, 6) is -15.6. The van der Waals surface area contributed by atoms with Crippen molar-refractivity contribution in [2.75, 3.05) is 7.11 Å². The van der Waals surface area contributed by atoms with E-state index < -0.39 is 87.1 Å². The number of esters is 1. The number of ether oxygens (including phenoxy) is 3. The predicted octanol–water partition coefficient (Wildman–Crippen LogP) is 6.67. The molecule has 0 aliphatic heterocycles. The van der Waals surface area contributed by atoms with E-state index in [1.165, 1.54) is 12.1 Å². The molecule has 0 radical (unpaired) electrons. The van der Waals surface area contributed by atoms with Gasteiger partial charge in [-0.3, -0.25) is 4.79 Å². The third-order valence-electron chi connectivity index (χ3n) is 5.26. The highest BCUT2D eigenvalue weighted by Crippen LogP contribution is 2.39. The Morgan fingerprint density at radius 2 is 1.41 bits per heavy atom. The second-order valence-corrected chi connectivity index (χ2v) is 7.70. The molecule has 4 rings (SSSR count). The van der Waals surface area contributed by atoms with Crippen LogP contribution in [0.4, 0.5) is 35.1 Å². The summed E-state index contributed by atoms with van der Waals surface area (Å²) in [6.07, 6.45) is -5.24. The Morgan fingerprint density at radius 3 is 1.97 bits per heavy atom. The molecule has 0 amide bonds. The predicted molar refractivity (Wildman–Crippen MR) is 116 cm³/mol. The highest BCUT2D eigenvalue weighted by Gasteiger charge is 2.40. The fraction of sp³-hybridized carbons (Fsp3) is 0.120. The van der Waals surface area contributed by atoms with Gasteiger partial charge in [0.2, 0.25) is 17.0 Å². The van der Waals surface area contributed by atoms with Gasteiger partial charge in [0.15, 0.2) is 23.3 Å². The summed E-state index contributed by atoms with van der Waals surface area (Å²) in [6, 6.07) is 7.30. The minimum absolute atomic E-state index is 0.0600. The lowest BCUT2D eigenvalue weighted by Crippen LogP contribution is -2.15. The Bertz CT molecular complexity index is 1620. The first-order valence-electron chi connectivity index (χ1n) is 10.5. The number of hydrogen-bond acceptors (Lipinski definition) is 6. The van der Waals surface area contributed by atoms with Gasteiger partial charge in [-0.15, -0.1) is 0 Å². The largest absolute Gasteiger partial charge is 0.489 e. The van der Waals surface area contributed by atoms with E-state index in [-0.39, 0.29) is 11.3 Å². The van der Waals surface area contributed by atoms with Crippen LogP contribution in [0.3, 0.4) is 0 Å². The number of methoxy groups -OCH3 is 1. The average Bonchev–Trinajstić information content (AvgIpc) is 2.91. The summed E-state index contributed by atoms with van der Waals surface area (Å²) in [4.78, 5) is 24.4. The van der Waals surface area contributed by atoms with Gasteiger partial charge in [0.25, 0.3) is 5.76 Å². The molecule has 0 N–H and O–H groups in total. The maximum atomic E-state index is 13.9. The first kappa shape index (κ1) is 27.4. The zero-order valence-electron chi connectivity index (χ0n) is 19.2. The average molecular weight is 560 g/mol. The Morgan fingerprint density at radius 1 is 0.846 bits per heavy atom. The summed E-state index contributed by atoms with van der Waals surface area (Å²) in [6.45, 7) is -1.20. The van der Waals surface area contributed by atoms with E-state index in [1.54, 1.807) is 0 Å². The third-order valence-corrected chi connectivity index (χ3v) is 5.26. The zero-order chi connectivity index (χ0) is 28.6. The molecular formula is C25H12F8O6. The van der Waals surface area contributed by atoms with E-state index >= 15 is 0 Å². The molecule has 0 spiro atoms. The van der Waals surface area contributed by atoms with Gasteiger partial charge < -0.3 is 18.6 Å². The van der Waals surface area contributed by atoms with Crippen molar-refractivity contribution in [1.29, 1.82) is 0 Å². The molecule has 0 aliphatic carbocycles. The van der Waals surface area contributed by atoms with E-state index in [0.29, 0.717) is 0 Å². The summed E-state index contributed by atoms with van der Waals surface area (Å²) in [5, 5.41) is -0.423. The van der Waals surface area contributed by atoms with Crippen molar-refractivity contribution in [2.24, 2.45) is 0 Å². The van der Waals surface area contributed by atoms with Crippen molar-refractivity contribution in [1.82, 2.24) is 0 Å². The number of carbonyl (C=O) groups excluding carboxylic acids is 1. The van der Waals surface area contributed by atoms with Gasteiger partial charge in [-0.2, -0.15) is 13.2 Å². The lowest BCUT2D eigenvalue weighted by atomic mass is 10.1. The number of alkyl halides is 3. The van der Waals surface area contributed by atoms with Crippen molar-refractivity contribution >= 4 is 16.9 Å². The number of carbonyl (C=O) groups is 1. The maximum Gasteiger partial charge on any atom is 0.453 e. The van der Waals surface area contributed by atoms with Gasteiger partial charge in [0.05, 0.1) is 23.6 Å². The van der Waals surface area contributed by atoms with Crippen LogP contribution in [-0.4, -0.2) is 13.1 Å². The molecule has 39 heavy (non-hydrogen) atoms. The number of rotatable bonds is 6. The second kappa shape index (κ2) is 10.3. The Labute approximate surface area is 211 Å². The van der Waals surface area contributed by atoms with Crippen LogP contribution in [0.5, 0.6) is 17.2 Å². The molecule has 204 valence electrons. The van der Waals surface area contributed by atoms with E-state index in [9.17, 15) is 44.7 Å². The molecule has 14 heteroatoms. The summed E-state index contributed by atoms with van der Waals surface area (Å²) in [5.41, 5.74) is -3.21. The summed E-state index contributed by atoms with van der Waals surface area (Å²) in [7, 11) is 1.12. The molecule has 6 nitrogen and oxygen atoms in total. The lowest BCUT2D eigenvalue weighted by Gasteiger charge is -2.14. The van der Waals surface area contributed by atoms with Crippen LogP contribution in [0.1, 0.15) is 21.7 Å². The summed E-state index contributed by atoms with van der Waals surface area (Å²) >= 11 is 0. The van der Waals surface area contributed by atoms with E-state index in [0.717, 1.165) is 37.4 Å². The number of hydrogen-bond donors (Lipinski definition) is 0. The minimum atomic E-state index is -5.24. The third kappa shape index (κ3) is 5.22. The molecular weight excluding hydrogens is 548 g/mol. The molecule has 0 fully saturated rings. The van der Waals surface area contributed by atoms with E-state index in [2.05, 4.69) is 4.74 Å². The normalized spacial score (nSPS) is 11.5. The van der Waals surface area contributed by atoms with Crippen LogP contribution in [0.15, 0.2) is 51.7 Å². The zero-order valence-corrected chi connectivity index (χ0v) is 19.2. The topological polar surface area (TPSA) is 75.0 Å². The monoisotopic (exact) mass is 560 g/mol. The van der Waals surface area contributed by atoms with Crippen LogP contribution in [0.2, 0.25) is 0 Å². The number of benzene rings is 3. The van der Waals surface area contributed by atoms with Crippen molar-refractivity contribution < 1.29 is 58.5 Å². The van der Waals surface area contributed by atoms with E-state index in [4.69, 9.17) is 13.9 Å². The molecule has 0 saturated carbocycles. The van der Waals surface area contributed by atoms with Crippen LogP contribution in [-0.2, 0) is 17.5 Å². The van der Waals surface area contributed by atoms with Crippen LogP contribution >= 0.6 is 0 Å². The molecule has 1 heterocycles.